The smallest absolute Gasteiger partial charge is 0.147 e. The predicted molar refractivity (Wildman–Crippen MR) is 63.0 cm³/mol. The summed E-state index contributed by atoms with van der Waals surface area (Å²) in [6.45, 7) is 4.01. The molecule has 0 aliphatic carbocycles. The van der Waals surface area contributed by atoms with E-state index in [1.807, 2.05) is 25.3 Å². The second kappa shape index (κ2) is 4.70. The third-order valence-electron chi connectivity index (χ3n) is 2.42. The summed E-state index contributed by atoms with van der Waals surface area (Å²) in [7, 11) is 0. The van der Waals surface area contributed by atoms with Crippen molar-refractivity contribution in [2.45, 2.75) is 19.9 Å². The summed E-state index contributed by atoms with van der Waals surface area (Å²) >= 11 is 0. The van der Waals surface area contributed by atoms with Crippen molar-refractivity contribution in [3.63, 3.8) is 0 Å². The molecule has 1 unspecified atom stereocenters. The van der Waals surface area contributed by atoms with E-state index in [4.69, 9.17) is 0 Å². The van der Waals surface area contributed by atoms with E-state index in [2.05, 4.69) is 27.2 Å². The SMILES string of the molecule is Cc1nccnc1NC(C)c1cccnc1. The fraction of sp³-hybridized carbons (Fsp3) is 0.250. The van der Waals surface area contributed by atoms with Crippen LogP contribution in [0.3, 0.4) is 0 Å². The predicted octanol–water partition coefficient (Wildman–Crippen LogP) is 2.35. The summed E-state index contributed by atoms with van der Waals surface area (Å²) in [5, 5.41) is 3.31. The molecule has 0 aliphatic rings. The molecule has 0 bridgehead atoms. The van der Waals surface area contributed by atoms with Crippen molar-refractivity contribution in [1.82, 2.24) is 15.0 Å². The normalized spacial score (nSPS) is 12.1. The maximum Gasteiger partial charge on any atom is 0.147 e. The van der Waals surface area contributed by atoms with Crippen molar-refractivity contribution in [3.8, 4) is 0 Å². The van der Waals surface area contributed by atoms with Gasteiger partial charge >= 0.3 is 0 Å². The fourth-order valence-corrected chi connectivity index (χ4v) is 1.47. The first-order chi connectivity index (χ1) is 7.77. The van der Waals surface area contributed by atoms with Gasteiger partial charge in [0.2, 0.25) is 0 Å². The lowest BCUT2D eigenvalue weighted by Crippen LogP contribution is -2.09. The van der Waals surface area contributed by atoms with Crippen LogP contribution in [0.1, 0.15) is 24.2 Å². The Morgan fingerprint density at radius 1 is 1.19 bits per heavy atom. The van der Waals surface area contributed by atoms with E-state index in [9.17, 15) is 0 Å². The first-order valence-corrected chi connectivity index (χ1v) is 5.21. The Hall–Kier alpha value is -1.97. The van der Waals surface area contributed by atoms with Crippen molar-refractivity contribution in [1.29, 1.82) is 0 Å². The number of hydrogen-bond donors (Lipinski definition) is 1. The number of pyridine rings is 1. The molecular formula is C12H14N4. The fourth-order valence-electron chi connectivity index (χ4n) is 1.47. The van der Waals surface area contributed by atoms with Crippen molar-refractivity contribution in [3.05, 3.63) is 48.2 Å². The Labute approximate surface area is 94.8 Å². The molecule has 82 valence electrons. The molecule has 2 aromatic rings. The Morgan fingerprint density at radius 2 is 2.00 bits per heavy atom. The minimum Gasteiger partial charge on any atom is -0.362 e. The monoisotopic (exact) mass is 214 g/mol. The minimum atomic E-state index is 0.170. The summed E-state index contributed by atoms with van der Waals surface area (Å²) < 4.78 is 0. The van der Waals surface area contributed by atoms with Gasteiger partial charge in [0, 0.05) is 24.8 Å². The number of anilines is 1. The third kappa shape index (κ3) is 2.34. The molecule has 0 saturated carbocycles. The molecule has 0 saturated heterocycles. The second-order valence-electron chi connectivity index (χ2n) is 3.64. The highest BCUT2D eigenvalue weighted by molar-refractivity contribution is 5.40. The zero-order valence-corrected chi connectivity index (χ0v) is 9.38. The molecule has 0 spiro atoms. The van der Waals surface area contributed by atoms with Crippen LogP contribution in [0.4, 0.5) is 5.82 Å². The summed E-state index contributed by atoms with van der Waals surface area (Å²) in [4.78, 5) is 12.5. The van der Waals surface area contributed by atoms with Gasteiger partial charge in [0.05, 0.1) is 11.7 Å². The molecule has 0 aliphatic heterocycles. The van der Waals surface area contributed by atoms with Gasteiger partial charge in [-0.25, -0.2) is 4.98 Å². The molecule has 0 amide bonds. The summed E-state index contributed by atoms with van der Waals surface area (Å²) in [6.07, 6.45) is 6.99. The van der Waals surface area contributed by atoms with E-state index in [0.29, 0.717) is 0 Å². The maximum atomic E-state index is 4.25. The first-order valence-electron chi connectivity index (χ1n) is 5.21. The van der Waals surface area contributed by atoms with Crippen molar-refractivity contribution < 1.29 is 0 Å². The van der Waals surface area contributed by atoms with Gasteiger partial charge in [0.15, 0.2) is 0 Å². The van der Waals surface area contributed by atoms with Crippen LogP contribution in [-0.2, 0) is 0 Å². The highest BCUT2D eigenvalue weighted by Gasteiger charge is 2.07. The summed E-state index contributed by atoms with van der Waals surface area (Å²) in [6, 6.07) is 4.14. The first kappa shape index (κ1) is 10.5. The van der Waals surface area contributed by atoms with Crippen LogP contribution in [0, 0.1) is 6.92 Å². The highest BCUT2D eigenvalue weighted by atomic mass is 15.0. The van der Waals surface area contributed by atoms with E-state index in [0.717, 1.165) is 17.1 Å². The zero-order chi connectivity index (χ0) is 11.4. The molecule has 1 N–H and O–H groups in total. The number of rotatable bonds is 3. The van der Waals surface area contributed by atoms with Gasteiger partial charge < -0.3 is 5.32 Å². The molecule has 4 nitrogen and oxygen atoms in total. The van der Waals surface area contributed by atoms with Gasteiger partial charge in [0.1, 0.15) is 5.82 Å². The molecule has 2 rings (SSSR count). The quantitative estimate of drug-likeness (QED) is 0.852. The highest BCUT2D eigenvalue weighted by Crippen LogP contribution is 2.17. The molecule has 4 heteroatoms. The number of aryl methyl sites for hydroxylation is 1. The number of nitrogens with zero attached hydrogens (tertiary/aromatic N) is 3. The lowest BCUT2D eigenvalue weighted by molar-refractivity contribution is 0.858. The van der Waals surface area contributed by atoms with Gasteiger partial charge in [0.25, 0.3) is 0 Å². The summed E-state index contributed by atoms with van der Waals surface area (Å²) in [5.41, 5.74) is 2.03. The maximum absolute atomic E-state index is 4.25. The molecule has 0 fully saturated rings. The average Bonchev–Trinajstić information content (AvgIpc) is 2.33. The van der Waals surface area contributed by atoms with Crippen LogP contribution in [-0.4, -0.2) is 15.0 Å². The van der Waals surface area contributed by atoms with Crippen molar-refractivity contribution in [2.24, 2.45) is 0 Å². The molecule has 0 aromatic carbocycles. The molecule has 0 radical (unpaired) electrons. The Bertz CT molecular complexity index is 456. The number of hydrogen-bond acceptors (Lipinski definition) is 4. The number of aromatic nitrogens is 3. The Kier molecular flexibility index (Phi) is 3.10. The van der Waals surface area contributed by atoms with Crippen molar-refractivity contribution in [2.75, 3.05) is 5.32 Å². The second-order valence-corrected chi connectivity index (χ2v) is 3.64. The van der Waals surface area contributed by atoms with Gasteiger partial charge in [-0.15, -0.1) is 0 Å². The van der Waals surface area contributed by atoms with E-state index in [-0.39, 0.29) is 6.04 Å². The number of nitrogens with one attached hydrogen (secondary N) is 1. The van der Waals surface area contributed by atoms with E-state index in [1.54, 1.807) is 18.6 Å². The lowest BCUT2D eigenvalue weighted by Gasteiger charge is -2.15. The van der Waals surface area contributed by atoms with Crippen LogP contribution in [0.25, 0.3) is 0 Å². The Balaban J connectivity index is 2.14. The molecule has 2 heterocycles. The molecular weight excluding hydrogens is 200 g/mol. The topological polar surface area (TPSA) is 50.7 Å². The van der Waals surface area contributed by atoms with E-state index in [1.165, 1.54) is 0 Å². The molecule has 2 aromatic heterocycles. The average molecular weight is 214 g/mol. The van der Waals surface area contributed by atoms with Gasteiger partial charge in [-0.1, -0.05) is 6.07 Å². The standard InChI is InChI=1S/C12H14N4/c1-9(11-4-3-5-13-8-11)16-12-10(2)14-6-7-15-12/h3-9H,1-2H3,(H,15,16). The molecule has 1 atom stereocenters. The van der Waals surface area contributed by atoms with Gasteiger partial charge in [-0.05, 0) is 25.5 Å². The zero-order valence-electron chi connectivity index (χ0n) is 9.38. The summed E-state index contributed by atoms with van der Waals surface area (Å²) in [5.74, 6) is 0.818. The van der Waals surface area contributed by atoms with Crippen LogP contribution in [0.2, 0.25) is 0 Å². The largest absolute Gasteiger partial charge is 0.362 e. The molecule has 16 heavy (non-hydrogen) atoms. The van der Waals surface area contributed by atoms with Crippen LogP contribution in [0.5, 0.6) is 0 Å². The van der Waals surface area contributed by atoms with E-state index >= 15 is 0 Å². The third-order valence-corrected chi connectivity index (χ3v) is 2.42. The van der Waals surface area contributed by atoms with Gasteiger partial charge in [-0.2, -0.15) is 0 Å². The van der Waals surface area contributed by atoms with Gasteiger partial charge in [-0.3, -0.25) is 9.97 Å². The van der Waals surface area contributed by atoms with Crippen molar-refractivity contribution >= 4 is 5.82 Å². The van der Waals surface area contributed by atoms with E-state index < -0.39 is 0 Å². The van der Waals surface area contributed by atoms with Crippen LogP contribution >= 0.6 is 0 Å². The van der Waals surface area contributed by atoms with Crippen LogP contribution in [0.15, 0.2) is 36.9 Å². The Morgan fingerprint density at radius 3 is 2.69 bits per heavy atom. The van der Waals surface area contributed by atoms with Crippen LogP contribution < -0.4 is 5.32 Å². The lowest BCUT2D eigenvalue weighted by atomic mass is 10.1. The minimum absolute atomic E-state index is 0.170.